The van der Waals surface area contributed by atoms with Crippen LogP contribution in [-0.4, -0.2) is 92.4 Å². The van der Waals surface area contributed by atoms with E-state index in [1.54, 1.807) is 81.4 Å². The quantitative estimate of drug-likeness (QED) is 0.212. The first-order valence-electron chi connectivity index (χ1n) is 16.9. The van der Waals surface area contributed by atoms with Gasteiger partial charge in [-0.25, -0.2) is 0 Å². The average Bonchev–Trinajstić information content (AvgIpc) is 3.07. The summed E-state index contributed by atoms with van der Waals surface area (Å²) in [6.07, 6.45) is -7.94. The van der Waals surface area contributed by atoms with Crippen LogP contribution in [0.5, 0.6) is 0 Å². The number of nitrogens with one attached hydrogen (secondary N) is 1. The van der Waals surface area contributed by atoms with Crippen LogP contribution in [-0.2, 0) is 28.6 Å². The molecule has 2 bridgehead atoms. The summed E-state index contributed by atoms with van der Waals surface area (Å²) in [6, 6.07) is 16.6. The fraction of sp³-hybridized carbons (Fsp3) is 0.526. The Bertz CT molecular complexity index is 1710. The largest absolute Gasteiger partial charge is 0.458 e. The summed E-state index contributed by atoms with van der Waals surface area (Å²) in [5, 5.41) is 51.3. The highest BCUT2D eigenvalue weighted by molar-refractivity contribution is 5.95. The van der Waals surface area contributed by atoms with Gasteiger partial charge >= 0.3 is 11.9 Å². The van der Waals surface area contributed by atoms with E-state index in [0.717, 1.165) is 0 Å². The highest BCUT2D eigenvalue weighted by Crippen LogP contribution is 2.63. The molecule has 12 heteroatoms. The number of aliphatic hydroxyl groups excluding tert-OH is 3. The van der Waals surface area contributed by atoms with E-state index >= 15 is 0 Å². The van der Waals surface area contributed by atoms with Crippen molar-refractivity contribution in [3.63, 3.8) is 0 Å². The van der Waals surface area contributed by atoms with Gasteiger partial charge in [-0.2, -0.15) is 0 Å². The summed E-state index contributed by atoms with van der Waals surface area (Å²) in [5.74, 6) is -4.07. The number of hydrogen-bond donors (Lipinski definition) is 5. The van der Waals surface area contributed by atoms with Gasteiger partial charge in [0.15, 0.2) is 11.4 Å². The predicted molar refractivity (Wildman–Crippen MR) is 177 cm³/mol. The summed E-state index contributed by atoms with van der Waals surface area (Å²) in [7, 11) is 0. The number of carbonyl (C=O) groups is 4. The van der Waals surface area contributed by atoms with Gasteiger partial charge in [-0.15, -0.1) is 0 Å². The lowest BCUT2D eigenvalue weighted by Gasteiger charge is -2.67. The van der Waals surface area contributed by atoms with Crippen LogP contribution in [0.2, 0.25) is 0 Å². The number of hydrogen-bond acceptors (Lipinski definition) is 11. The lowest BCUT2D eigenvalue weighted by atomic mass is 9.45. The third-order valence-corrected chi connectivity index (χ3v) is 11.9. The number of Topliss-reactive ketones (excluding diaryl/α,β-unsaturated/α-hetero) is 1. The summed E-state index contributed by atoms with van der Waals surface area (Å²) in [5.41, 5.74) is -5.66. The lowest BCUT2D eigenvalue weighted by molar-refractivity contribution is -0.346. The third kappa shape index (κ3) is 5.39. The van der Waals surface area contributed by atoms with E-state index in [4.69, 9.17) is 14.2 Å². The first-order valence-corrected chi connectivity index (χ1v) is 16.9. The molecule has 268 valence electrons. The number of amides is 1. The molecule has 4 aliphatic rings. The molecule has 5 N–H and O–H groups in total. The minimum absolute atomic E-state index is 0.0606. The summed E-state index contributed by atoms with van der Waals surface area (Å²) < 4.78 is 17.5. The van der Waals surface area contributed by atoms with Gasteiger partial charge in [0.1, 0.15) is 23.9 Å². The zero-order chi connectivity index (χ0) is 36.4. The molecule has 0 spiro atoms. The molecule has 0 unspecified atom stereocenters. The van der Waals surface area contributed by atoms with Crippen LogP contribution in [0.3, 0.4) is 0 Å². The molecule has 1 saturated heterocycles. The second-order valence-corrected chi connectivity index (χ2v) is 14.9. The molecule has 12 nitrogen and oxygen atoms in total. The van der Waals surface area contributed by atoms with Gasteiger partial charge in [0.2, 0.25) is 0 Å². The Hall–Kier alpha value is -3.94. The molecule has 3 fully saturated rings. The van der Waals surface area contributed by atoms with Crippen LogP contribution in [0.15, 0.2) is 71.8 Å². The van der Waals surface area contributed by atoms with Gasteiger partial charge in [-0.1, -0.05) is 62.4 Å². The molecular formula is C38H45NO11. The molecule has 2 aromatic rings. The molecule has 3 aliphatic carbocycles. The van der Waals surface area contributed by atoms with Crippen molar-refractivity contribution in [3.8, 4) is 0 Å². The van der Waals surface area contributed by atoms with E-state index in [-0.39, 0.29) is 31.4 Å². The summed E-state index contributed by atoms with van der Waals surface area (Å²) >= 11 is 0. The Balaban J connectivity index is 1.37. The number of benzene rings is 2. The van der Waals surface area contributed by atoms with Gasteiger partial charge in [0.05, 0.1) is 36.7 Å². The van der Waals surface area contributed by atoms with E-state index in [1.165, 1.54) is 13.8 Å². The van der Waals surface area contributed by atoms with Gasteiger partial charge < -0.3 is 40.0 Å². The second kappa shape index (κ2) is 12.7. The highest BCUT2D eigenvalue weighted by atomic mass is 16.6. The van der Waals surface area contributed by atoms with Crippen LogP contribution in [0.1, 0.15) is 75.8 Å². The molecule has 0 aromatic heterocycles. The van der Waals surface area contributed by atoms with Crippen molar-refractivity contribution in [1.29, 1.82) is 0 Å². The van der Waals surface area contributed by atoms with Crippen molar-refractivity contribution < 1.29 is 53.8 Å². The molecule has 50 heavy (non-hydrogen) atoms. The van der Waals surface area contributed by atoms with Crippen LogP contribution in [0.4, 0.5) is 0 Å². The molecule has 0 radical (unpaired) electrons. The van der Waals surface area contributed by atoms with Crippen molar-refractivity contribution in [2.45, 2.75) is 102 Å². The Kier molecular flexibility index (Phi) is 9.10. The van der Waals surface area contributed by atoms with Gasteiger partial charge in [0, 0.05) is 36.7 Å². The summed E-state index contributed by atoms with van der Waals surface area (Å²) in [6.45, 7) is 7.17. The topological polar surface area (TPSA) is 189 Å². The minimum atomic E-state index is -2.18. The Morgan fingerprint density at radius 2 is 1.62 bits per heavy atom. The maximum Gasteiger partial charge on any atom is 0.308 e. The fourth-order valence-corrected chi connectivity index (χ4v) is 9.04. The molecule has 2 saturated carbocycles. The van der Waals surface area contributed by atoms with E-state index in [9.17, 15) is 39.6 Å². The van der Waals surface area contributed by atoms with Crippen molar-refractivity contribution in [3.05, 3.63) is 82.9 Å². The van der Waals surface area contributed by atoms with Gasteiger partial charge in [-0.05, 0) is 42.7 Å². The smallest absolute Gasteiger partial charge is 0.308 e. The Morgan fingerprint density at radius 1 is 1.00 bits per heavy atom. The number of rotatable bonds is 7. The van der Waals surface area contributed by atoms with Gasteiger partial charge in [0.25, 0.3) is 5.91 Å². The number of esters is 2. The minimum Gasteiger partial charge on any atom is -0.458 e. The first-order chi connectivity index (χ1) is 23.5. The summed E-state index contributed by atoms with van der Waals surface area (Å²) in [4.78, 5) is 53.7. The van der Waals surface area contributed by atoms with Crippen molar-refractivity contribution in [2.24, 2.45) is 16.7 Å². The van der Waals surface area contributed by atoms with Crippen LogP contribution >= 0.6 is 0 Å². The van der Waals surface area contributed by atoms with Crippen molar-refractivity contribution in [2.75, 3.05) is 6.61 Å². The SMILES string of the molecule is CC(=O)O[C@@]12CO[C@@H]1C[C@H](O)[C@@]1(C)C(=O)[C@H](O)C3=C(C)[C@@H](OC(=O)C[C@@H](NC(=O)c4ccccc4)c4ccccc4)C[C@@](O)([C@@H](O)[C@H]21)C3(C)C. The molecule has 10 atom stereocenters. The number of fused-ring (bicyclic) bond motifs is 5. The van der Waals surface area contributed by atoms with E-state index in [1.807, 2.05) is 0 Å². The fourth-order valence-electron chi connectivity index (χ4n) is 9.04. The number of ketones is 1. The lowest BCUT2D eigenvalue weighted by Crippen LogP contribution is -2.81. The Morgan fingerprint density at radius 3 is 2.20 bits per heavy atom. The van der Waals surface area contributed by atoms with E-state index in [2.05, 4.69) is 5.32 Å². The van der Waals surface area contributed by atoms with E-state index in [0.29, 0.717) is 16.7 Å². The predicted octanol–water partition coefficient (Wildman–Crippen LogP) is 2.33. The maximum absolute atomic E-state index is 14.4. The second-order valence-electron chi connectivity index (χ2n) is 14.9. The molecule has 2 aromatic carbocycles. The van der Waals surface area contributed by atoms with Crippen molar-refractivity contribution >= 4 is 23.6 Å². The average molecular weight is 692 g/mol. The number of ether oxygens (including phenoxy) is 3. The first kappa shape index (κ1) is 35.9. The maximum atomic E-state index is 14.4. The van der Waals surface area contributed by atoms with Gasteiger partial charge in [-0.3, -0.25) is 19.2 Å². The van der Waals surface area contributed by atoms with Crippen molar-refractivity contribution in [1.82, 2.24) is 5.32 Å². The normalized spacial score (nSPS) is 36.4. The number of carbonyl (C=O) groups excluding carboxylic acids is 4. The van der Waals surface area contributed by atoms with Crippen LogP contribution in [0.25, 0.3) is 0 Å². The third-order valence-electron chi connectivity index (χ3n) is 11.9. The Labute approximate surface area is 290 Å². The zero-order valence-electron chi connectivity index (χ0n) is 28.8. The molecule has 1 amide bonds. The molecule has 1 heterocycles. The van der Waals surface area contributed by atoms with Crippen LogP contribution in [0, 0.1) is 16.7 Å². The standard InChI is InChI=1S/C38H45NO11/c1-20-25(49-28(42)16-24(22-12-8-6-9-13-22)39-34(46)23-14-10-7-11-15-23)18-38(47)33(45)31-36(5,32(44)30(43)29(20)35(38,3)4)26(41)17-27-37(31,19-48-27)50-21(2)40/h6-15,24-27,30-31,33,41,43,45,47H,16-19H2,1-5H3,(H,39,46)/t24-,25+,26+,27-,30-,31+,33+,36-,37+,38-/m1/s1. The van der Waals surface area contributed by atoms with Crippen LogP contribution < -0.4 is 5.32 Å². The highest BCUT2D eigenvalue weighted by Gasteiger charge is 2.76. The molecule has 1 aliphatic heterocycles. The molecule has 6 rings (SSSR count). The molecular weight excluding hydrogens is 646 g/mol. The number of aliphatic hydroxyl groups is 4. The zero-order valence-corrected chi connectivity index (χ0v) is 28.8. The van der Waals surface area contributed by atoms with E-state index < -0.39 is 88.1 Å². The monoisotopic (exact) mass is 691 g/mol.